The summed E-state index contributed by atoms with van der Waals surface area (Å²) in [6.07, 6.45) is -2.01. The molecule has 10 nitrogen and oxygen atoms in total. The summed E-state index contributed by atoms with van der Waals surface area (Å²) in [4.78, 5) is 17.1. The zero-order valence-corrected chi connectivity index (χ0v) is 18.1. The minimum absolute atomic E-state index is 0.0123. The third kappa shape index (κ3) is 3.99. The SMILES string of the molecule is O=C1C(N2C=C(c3cc(F)c(F)c(F)c3)NN2)[C@@H](O)C(c2ncnn2-c2ccccc2F)O[C@@H]1CO. The van der Waals surface area contributed by atoms with Crippen molar-refractivity contribution in [2.45, 2.75) is 24.4 Å². The van der Waals surface area contributed by atoms with Gasteiger partial charge in [0.05, 0.1) is 12.3 Å². The summed E-state index contributed by atoms with van der Waals surface area (Å²) in [5.74, 6) is -5.85. The van der Waals surface area contributed by atoms with Crippen LogP contribution in [0, 0.1) is 23.3 Å². The molecule has 3 heterocycles. The fraction of sp³-hybridized carbons (Fsp3) is 0.227. The number of benzene rings is 2. The second kappa shape index (κ2) is 9.31. The maximum Gasteiger partial charge on any atom is 0.194 e. The summed E-state index contributed by atoms with van der Waals surface area (Å²) in [6, 6.07) is 5.78. The highest BCUT2D eigenvalue weighted by molar-refractivity contribution is 5.90. The molecular weight excluding hydrogens is 488 g/mol. The Balaban J connectivity index is 1.49. The maximum absolute atomic E-state index is 14.4. The molecule has 1 fully saturated rings. The van der Waals surface area contributed by atoms with Crippen LogP contribution in [-0.2, 0) is 9.53 Å². The highest BCUT2D eigenvalue weighted by Crippen LogP contribution is 2.34. The van der Waals surface area contributed by atoms with Gasteiger partial charge in [-0.25, -0.2) is 27.2 Å². The second-order valence-corrected chi connectivity index (χ2v) is 7.99. The molecule has 36 heavy (non-hydrogen) atoms. The number of ketones is 1. The topological polar surface area (TPSA) is 125 Å². The first-order valence-electron chi connectivity index (χ1n) is 10.6. The van der Waals surface area contributed by atoms with Gasteiger partial charge in [0.25, 0.3) is 0 Å². The van der Waals surface area contributed by atoms with Crippen LogP contribution < -0.4 is 11.0 Å². The monoisotopic (exact) mass is 506 g/mol. The minimum atomic E-state index is -1.63. The van der Waals surface area contributed by atoms with Gasteiger partial charge in [0, 0.05) is 11.8 Å². The van der Waals surface area contributed by atoms with Gasteiger partial charge in [0.15, 0.2) is 29.1 Å². The van der Waals surface area contributed by atoms with Gasteiger partial charge in [-0.15, -0.1) is 5.53 Å². The molecule has 2 aliphatic rings. The molecule has 0 saturated carbocycles. The van der Waals surface area contributed by atoms with Gasteiger partial charge in [-0.05, 0) is 24.3 Å². The number of aliphatic hydroxyl groups is 2. The molecule has 2 aliphatic heterocycles. The molecule has 4 atom stereocenters. The van der Waals surface area contributed by atoms with Crippen LogP contribution in [-0.4, -0.2) is 60.6 Å². The number of nitrogens with zero attached hydrogens (tertiary/aromatic N) is 4. The quantitative estimate of drug-likeness (QED) is 0.295. The second-order valence-electron chi connectivity index (χ2n) is 7.99. The Bertz CT molecular complexity index is 1330. The number of hydrazine groups is 2. The Hall–Kier alpha value is -3.85. The van der Waals surface area contributed by atoms with Crippen molar-refractivity contribution in [2.75, 3.05) is 6.61 Å². The predicted molar refractivity (Wildman–Crippen MR) is 113 cm³/mol. The van der Waals surface area contributed by atoms with Gasteiger partial charge in [-0.2, -0.15) is 5.10 Å². The van der Waals surface area contributed by atoms with Gasteiger partial charge in [0.1, 0.15) is 42.2 Å². The molecule has 188 valence electrons. The molecule has 2 aromatic carbocycles. The lowest BCUT2D eigenvalue weighted by Crippen LogP contribution is -2.61. The summed E-state index contributed by atoms with van der Waals surface area (Å²) < 4.78 is 61.9. The Morgan fingerprint density at radius 1 is 1.08 bits per heavy atom. The zero-order valence-electron chi connectivity index (χ0n) is 18.1. The highest BCUT2D eigenvalue weighted by Gasteiger charge is 2.49. The number of nitrogens with one attached hydrogen (secondary N) is 2. The molecule has 0 amide bonds. The van der Waals surface area contributed by atoms with E-state index in [9.17, 15) is 32.6 Å². The summed E-state index contributed by atoms with van der Waals surface area (Å²) in [5, 5.41) is 26.0. The van der Waals surface area contributed by atoms with Gasteiger partial charge in [-0.1, -0.05) is 12.1 Å². The van der Waals surface area contributed by atoms with Crippen molar-refractivity contribution in [1.29, 1.82) is 0 Å². The number of rotatable bonds is 5. The van der Waals surface area contributed by atoms with Crippen LogP contribution in [0.2, 0.25) is 0 Å². The van der Waals surface area contributed by atoms with E-state index in [1.54, 1.807) is 6.07 Å². The zero-order chi connectivity index (χ0) is 25.6. The van der Waals surface area contributed by atoms with Crippen molar-refractivity contribution in [3.8, 4) is 5.69 Å². The van der Waals surface area contributed by atoms with E-state index in [0.717, 1.165) is 28.2 Å². The number of carbonyl (C=O) groups is 1. The third-order valence-electron chi connectivity index (χ3n) is 5.81. The largest absolute Gasteiger partial charge is 0.393 e. The Kier molecular flexibility index (Phi) is 6.17. The van der Waals surface area contributed by atoms with Crippen LogP contribution in [0.4, 0.5) is 17.6 Å². The first-order valence-corrected chi connectivity index (χ1v) is 10.6. The van der Waals surface area contributed by atoms with Gasteiger partial charge >= 0.3 is 0 Å². The lowest BCUT2D eigenvalue weighted by molar-refractivity contribution is -0.181. The molecule has 3 aromatic rings. The highest BCUT2D eigenvalue weighted by atomic mass is 19.2. The Morgan fingerprint density at radius 2 is 1.81 bits per heavy atom. The lowest BCUT2D eigenvalue weighted by Gasteiger charge is -2.40. The van der Waals surface area contributed by atoms with Crippen molar-refractivity contribution < 1.29 is 37.3 Å². The normalized spacial score (nSPS) is 24.1. The first-order chi connectivity index (χ1) is 17.3. The van der Waals surface area contributed by atoms with Crippen LogP contribution in [0.5, 0.6) is 0 Å². The number of Topliss-reactive ketones (excluding diaryl/α,β-unsaturated/α-hetero) is 1. The van der Waals surface area contributed by atoms with Gasteiger partial charge in [-0.3, -0.25) is 9.80 Å². The summed E-state index contributed by atoms with van der Waals surface area (Å²) in [6.45, 7) is -0.737. The molecule has 0 bridgehead atoms. The predicted octanol–water partition coefficient (Wildman–Crippen LogP) is 0.878. The van der Waals surface area contributed by atoms with Crippen LogP contribution >= 0.6 is 0 Å². The van der Waals surface area contributed by atoms with E-state index in [-0.39, 0.29) is 22.8 Å². The van der Waals surface area contributed by atoms with E-state index >= 15 is 0 Å². The third-order valence-corrected chi connectivity index (χ3v) is 5.81. The molecular formula is C22H18F4N6O4. The van der Waals surface area contributed by atoms with E-state index < -0.39 is 60.0 Å². The van der Waals surface area contributed by atoms with Gasteiger partial charge < -0.3 is 20.4 Å². The number of aromatic nitrogens is 3. The summed E-state index contributed by atoms with van der Waals surface area (Å²) in [7, 11) is 0. The van der Waals surface area contributed by atoms with Crippen molar-refractivity contribution in [3.05, 3.63) is 83.6 Å². The minimum Gasteiger partial charge on any atom is -0.393 e. The average molecular weight is 506 g/mol. The van der Waals surface area contributed by atoms with E-state index in [4.69, 9.17) is 4.74 Å². The van der Waals surface area contributed by atoms with E-state index in [2.05, 4.69) is 21.0 Å². The van der Waals surface area contributed by atoms with Crippen molar-refractivity contribution in [2.24, 2.45) is 0 Å². The number of hydrogen-bond acceptors (Lipinski definition) is 9. The number of hydrogen-bond donors (Lipinski definition) is 4. The number of aliphatic hydroxyl groups excluding tert-OH is 2. The van der Waals surface area contributed by atoms with E-state index in [1.807, 2.05) is 0 Å². The number of halogens is 4. The Labute approximate surface area is 200 Å². The lowest BCUT2D eigenvalue weighted by atomic mass is 9.93. The summed E-state index contributed by atoms with van der Waals surface area (Å²) in [5.41, 5.74) is 5.18. The molecule has 0 radical (unpaired) electrons. The number of para-hydroxylation sites is 1. The molecule has 14 heteroatoms. The molecule has 0 spiro atoms. The van der Waals surface area contributed by atoms with Crippen LogP contribution in [0.25, 0.3) is 11.4 Å². The smallest absolute Gasteiger partial charge is 0.194 e. The summed E-state index contributed by atoms with van der Waals surface area (Å²) >= 11 is 0. The molecule has 4 N–H and O–H groups in total. The molecule has 5 rings (SSSR count). The van der Waals surface area contributed by atoms with Crippen LogP contribution in [0.15, 0.2) is 48.9 Å². The molecule has 1 saturated heterocycles. The van der Waals surface area contributed by atoms with Crippen molar-refractivity contribution in [1.82, 2.24) is 30.7 Å². The van der Waals surface area contributed by atoms with E-state index in [0.29, 0.717) is 0 Å². The number of ether oxygens (including phenoxy) is 1. The molecule has 1 aromatic heterocycles. The molecule has 2 unspecified atom stereocenters. The van der Waals surface area contributed by atoms with Crippen molar-refractivity contribution >= 4 is 11.5 Å². The molecule has 0 aliphatic carbocycles. The van der Waals surface area contributed by atoms with Crippen molar-refractivity contribution in [3.63, 3.8) is 0 Å². The van der Waals surface area contributed by atoms with Crippen LogP contribution in [0.1, 0.15) is 17.5 Å². The van der Waals surface area contributed by atoms with E-state index in [1.165, 1.54) is 24.4 Å². The number of carbonyl (C=O) groups excluding carboxylic acids is 1. The first kappa shape index (κ1) is 23.9. The fourth-order valence-corrected chi connectivity index (χ4v) is 4.09. The maximum atomic E-state index is 14.4. The Morgan fingerprint density at radius 3 is 2.50 bits per heavy atom. The van der Waals surface area contributed by atoms with Crippen LogP contribution in [0.3, 0.4) is 0 Å². The standard InChI is InChI=1S/C22H18F4N6O4/c23-11-3-1-2-4-15(11)32-22(27-9-28-32)21-20(35)18(19(34)16(8-33)36-21)31-7-14(29-30-31)10-5-12(24)17(26)13(25)6-10/h1-7,9,16,18,20-21,29-30,33,35H,8H2/t16-,18?,20-,21?/m1/s1. The fourth-order valence-electron chi connectivity index (χ4n) is 4.09. The van der Waals surface area contributed by atoms with Gasteiger partial charge in [0.2, 0.25) is 0 Å². The average Bonchev–Trinajstić information content (AvgIpc) is 3.53.